The number of aromatic nitrogens is 2. The maximum Gasteiger partial charge on any atom is 0.135 e. The molecule has 1 N–H and O–H groups in total. The molecule has 0 aliphatic carbocycles. The summed E-state index contributed by atoms with van der Waals surface area (Å²) in [5.41, 5.74) is 1.09. The second-order valence-electron chi connectivity index (χ2n) is 4.27. The Morgan fingerprint density at radius 3 is 3.12 bits per heavy atom. The van der Waals surface area contributed by atoms with Gasteiger partial charge < -0.3 is 10.1 Å². The first-order chi connectivity index (χ1) is 8.29. The van der Waals surface area contributed by atoms with Gasteiger partial charge in [0.1, 0.15) is 16.2 Å². The highest BCUT2D eigenvalue weighted by Gasteiger charge is 2.22. The molecule has 1 unspecified atom stereocenters. The van der Waals surface area contributed by atoms with Crippen molar-refractivity contribution in [2.24, 2.45) is 0 Å². The fourth-order valence-corrected chi connectivity index (χ4v) is 2.84. The zero-order valence-corrected chi connectivity index (χ0v) is 11.2. The first-order valence-electron chi connectivity index (χ1n) is 5.72. The van der Waals surface area contributed by atoms with E-state index in [0.29, 0.717) is 5.92 Å². The number of imidazole rings is 1. The fraction of sp³-hybridized carbons (Fsp3) is 0.417. The van der Waals surface area contributed by atoms with E-state index in [9.17, 15) is 0 Å². The van der Waals surface area contributed by atoms with Gasteiger partial charge in [-0.25, -0.2) is 4.98 Å². The van der Waals surface area contributed by atoms with Crippen LogP contribution in [-0.2, 0) is 0 Å². The van der Waals surface area contributed by atoms with Crippen molar-refractivity contribution in [2.45, 2.75) is 12.3 Å². The van der Waals surface area contributed by atoms with Gasteiger partial charge in [0.25, 0.3) is 0 Å². The number of methoxy groups -OCH3 is 1. The Morgan fingerprint density at radius 2 is 2.41 bits per heavy atom. The lowest BCUT2D eigenvalue weighted by molar-refractivity contribution is 0.412. The number of halogens is 1. The van der Waals surface area contributed by atoms with Gasteiger partial charge in [-0.3, -0.25) is 4.40 Å². The third kappa shape index (κ3) is 1.83. The highest BCUT2D eigenvalue weighted by molar-refractivity contribution is 9.10. The van der Waals surface area contributed by atoms with E-state index in [4.69, 9.17) is 4.74 Å². The molecule has 3 rings (SSSR count). The van der Waals surface area contributed by atoms with E-state index in [1.54, 1.807) is 7.11 Å². The van der Waals surface area contributed by atoms with Gasteiger partial charge in [-0.05, 0) is 41.0 Å². The molecule has 1 saturated heterocycles. The van der Waals surface area contributed by atoms with Gasteiger partial charge in [-0.2, -0.15) is 0 Å². The fourth-order valence-electron chi connectivity index (χ4n) is 2.33. The minimum atomic E-state index is 0.487. The Morgan fingerprint density at radius 1 is 1.53 bits per heavy atom. The van der Waals surface area contributed by atoms with Gasteiger partial charge in [-0.15, -0.1) is 0 Å². The molecule has 0 amide bonds. The van der Waals surface area contributed by atoms with Crippen LogP contribution in [0.5, 0.6) is 5.75 Å². The Bertz CT molecular complexity index is 546. The molecule has 1 aliphatic rings. The van der Waals surface area contributed by atoms with Crippen molar-refractivity contribution in [2.75, 3.05) is 20.2 Å². The summed E-state index contributed by atoms with van der Waals surface area (Å²) in [6.07, 6.45) is 3.14. The van der Waals surface area contributed by atoms with Gasteiger partial charge in [0.15, 0.2) is 0 Å². The topological polar surface area (TPSA) is 38.6 Å². The molecule has 1 atom stereocenters. The molecule has 1 aliphatic heterocycles. The summed E-state index contributed by atoms with van der Waals surface area (Å²) in [6.45, 7) is 2.07. The quantitative estimate of drug-likeness (QED) is 0.923. The maximum atomic E-state index is 5.27. The molecule has 2 aromatic rings. The standard InChI is InChI=1S/C12H14BrN3O/c1-17-9-2-3-10-11(13)15-12(16(10)7-9)8-4-5-14-6-8/h2-3,7-8,14H,4-6H2,1H3. The summed E-state index contributed by atoms with van der Waals surface area (Å²) in [5, 5.41) is 3.37. The highest BCUT2D eigenvalue weighted by Crippen LogP contribution is 2.28. The SMILES string of the molecule is COc1ccc2c(Br)nc(C3CCNC3)n2c1. The van der Waals surface area contributed by atoms with E-state index in [1.807, 2.05) is 18.3 Å². The Labute approximate surface area is 108 Å². The van der Waals surface area contributed by atoms with Gasteiger partial charge in [0, 0.05) is 12.5 Å². The molecule has 1 fully saturated rings. The molecule has 0 spiro atoms. The average Bonchev–Trinajstić information content (AvgIpc) is 2.97. The number of ether oxygens (including phenoxy) is 1. The Hall–Kier alpha value is -1.07. The van der Waals surface area contributed by atoms with E-state index in [2.05, 4.69) is 30.6 Å². The van der Waals surface area contributed by atoms with Gasteiger partial charge in [0.05, 0.1) is 18.8 Å². The molecule has 5 heteroatoms. The summed E-state index contributed by atoms with van der Waals surface area (Å²) in [5.74, 6) is 2.45. The van der Waals surface area contributed by atoms with E-state index in [-0.39, 0.29) is 0 Å². The Kier molecular flexibility index (Phi) is 2.80. The predicted molar refractivity (Wildman–Crippen MR) is 69.7 cm³/mol. The van der Waals surface area contributed by atoms with Crippen molar-refractivity contribution in [3.8, 4) is 5.75 Å². The monoisotopic (exact) mass is 295 g/mol. The van der Waals surface area contributed by atoms with Crippen molar-refractivity contribution in [3.05, 3.63) is 28.8 Å². The number of rotatable bonds is 2. The van der Waals surface area contributed by atoms with E-state index >= 15 is 0 Å². The summed E-state index contributed by atoms with van der Waals surface area (Å²) in [7, 11) is 1.68. The van der Waals surface area contributed by atoms with Crippen LogP contribution < -0.4 is 10.1 Å². The molecule has 0 bridgehead atoms. The first-order valence-corrected chi connectivity index (χ1v) is 6.51. The van der Waals surface area contributed by atoms with Gasteiger partial charge in [0.2, 0.25) is 0 Å². The minimum absolute atomic E-state index is 0.487. The lowest BCUT2D eigenvalue weighted by Gasteiger charge is -2.08. The van der Waals surface area contributed by atoms with E-state index in [0.717, 1.165) is 41.2 Å². The largest absolute Gasteiger partial charge is 0.495 e. The van der Waals surface area contributed by atoms with Crippen LogP contribution in [0.3, 0.4) is 0 Å². The molecule has 0 saturated carbocycles. The molecular weight excluding hydrogens is 282 g/mol. The molecule has 0 radical (unpaired) electrons. The molecule has 3 heterocycles. The molecule has 17 heavy (non-hydrogen) atoms. The van der Waals surface area contributed by atoms with Crippen molar-refractivity contribution in [1.29, 1.82) is 0 Å². The Balaban J connectivity index is 2.16. The number of fused-ring (bicyclic) bond motifs is 1. The van der Waals surface area contributed by atoms with Crippen molar-refractivity contribution < 1.29 is 4.74 Å². The van der Waals surface area contributed by atoms with Crippen LogP contribution in [0.15, 0.2) is 22.9 Å². The third-order valence-corrected chi connectivity index (χ3v) is 3.84. The van der Waals surface area contributed by atoms with Crippen LogP contribution in [0.1, 0.15) is 18.2 Å². The number of hydrogen-bond donors (Lipinski definition) is 1. The van der Waals surface area contributed by atoms with Crippen molar-refractivity contribution in [3.63, 3.8) is 0 Å². The third-order valence-electron chi connectivity index (χ3n) is 3.25. The molecular formula is C12H14BrN3O. The second-order valence-corrected chi connectivity index (χ2v) is 5.03. The number of hydrogen-bond acceptors (Lipinski definition) is 3. The van der Waals surface area contributed by atoms with Crippen LogP contribution in [0, 0.1) is 0 Å². The van der Waals surface area contributed by atoms with Crippen LogP contribution >= 0.6 is 15.9 Å². The average molecular weight is 296 g/mol. The van der Waals surface area contributed by atoms with Crippen LogP contribution in [-0.4, -0.2) is 29.6 Å². The zero-order valence-electron chi connectivity index (χ0n) is 9.61. The van der Waals surface area contributed by atoms with E-state index < -0.39 is 0 Å². The summed E-state index contributed by atoms with van der Waals surface area (Å²) < 4.78 is 8.30. The number of pyridine rings is 1. The zero-order chi connectivity index (χ0) is 11.8. The minimum Gasteiger partial charge on any atom is -0.495 e. The number of nitrogens with zero attached hydrogens (tertiary/aromatic N) is 2. The van der Waals surface area contributed by atoms with Gasteiger partial charge >= 0.3 is 0 Å². The molecule has 4 nitrogen and oxygen atoms in total. The first kappa shape index (κ1) is 11.0. The summed E-state index contributed by atoms with van der Waals surface area (Å²) in [6, 6.07) is 3.99. The second kappa shape index (κ2) is 4.31. The van der Waals surface area contributed by atoms with Gasteiger partial charge in [-0.1, -0.05) is 0 Å². The van der Waals surface area contributed by atoms with Crippen molar-refractivity contribution >= 4 is 21.4 Å². The van der Waals surface area contributed by atoms with Crippen LogP contribution in [0.4, 0.5) is 0 Å². The lowest BCUT2D eigenvalue weighted by atomic mass is 10.1. The normalized spacial score (nSPS) is 20.0. The predicted octanol–water partition coefficient (Wildman–Crippen LogP) is 2.18. The summed E-state index contributed by atoms with van der Waals surface area (Å²) in [4.78, 5) is 4.63. The van der Waals surface area contributed by atoms with Crippen LogP contribution in [0.2, 0.25) is 0 Å². The lowest BCUT2D eigenvalue weighted by Crippen LogP contribution is -2.10. The smallest absolute Gasteiger partial charge is 0.135 e. The molecule has 0 aromatic carbocycles. The maximum absolute atomic E-state index is 5.27. The summed E-state index contributed by atoms with van der Waals surface area (Å²) >= 11 is 3.52. The molecule has 2 aromatic heterocycles. The van der Waals surface area contributed by atoms with Crippen LogP contribution in [0.25, 0.3) is 5.52 Å². The van der Waals surface area contributed by atoms with Crippen molar-refractivity contribution in [1.82, 2.24) is 14.7 Å². The highest BCUT2D eigenvalue weighted by atomic mass is 79.9. The molecule has 90 valence electrons. The van der Waals surface area contributed by atoms with E-state index in [1.165, 1.54) is 0 Å². The number of nitrogens with one attached hydrogen (secondary N) is 1.